The Morgan fingerprint density at radius 2 is 2.11 bits per heavy atom. The normalized spacial score (nSPS) is 10.0. The second-order valence-electron chi connectivity index (χ2n) is 3.97. The SMILES string of the molecule is Cc1ccccc1OCC(=O)Nc1ccc(Br)nc1. The number of aryl methyl sites for hydroxylation is 1. The molecule has 98 valence electrons. The average molecular weight is 321 g/mol. The molecule has 1 aromatic heterocycles. The summed E-state index contributed by atoms with van der Waals surface area (Å²) in [5.41, 5.74) is 1.64. The number of carbonyl (C=O) groups excluding carboxylic acids is 1. The van der Waals surface area contributed by atoms with Crippen molar-refractivity contribution in [1.29, 1.82) is 0 Å². The first-order chi connectivity index (χ1) is 9.15. The number of ether oxygens (including phenoxy) is 1. The Kier molecular flexibility index (Phi) is 4.52. The standard InChI is InChI=1S/C14H13BrN2O2/c1-10-4-2-3-5-12(10)19-9-14(18)17-11-6-7-13(15)16-8-11/h2-8H,9H2,1H3,(H,17,18). The molecule has 1 aromatic carbocycles. The number of benzene rings is 1. The van der Waals surface area contributed by atoms with Crippen molar-refractivity contribution >= 4 is 27.5 Å². The van der Waals surface area contributed by atoms with Crippen molar-refractivity contribution in [2.45, 2.75) is 6.92 Å². The Balaban J connectivity index is 1.88. The summed E-state index contributed by atoms with van der Waals surface area (Å²) in [6.07, 6.45) is 1.58. The number of rotatable bonds is 4. The Bertz CT molecular complexity index is 570. The number of halogens is 1. The maximum Gasteiger partial charge on any atom is 0.262 e. The topological polar surface area (TPSA) is 51.2 Å². The molecular formula is C14H13BrN2O2. The molecule has 2 rings (SSSR count). The van der Waals surface area contributed by atoms with Crippen LogP contribution in [-0.4, -0.2) is 17.5 Å². The highest BCUT2D eigenvalue weighted by Crippen LogP contribution is 2.16. The van der Waals surface area contributed by atoms with Crippen LogP contribution in [0.3, 0.4) is 0 Å². The minimum Gasteiger partial charge on any atom is -0.483 e. The summed E-state index contributed by atoms with van der Waals surface area (Å²) in [6.45, 7) is 1.91. The Labute approximate surface area is 119 Å². The summed E-state index contributed by atoms with van der Waals surface area (Å²) in [5.74, 6) is 0.499. The van der Waals surface area contributed by atoms with Crippen molar-refractivity contribution in [3.05, 3.63) is 52.8 Å². The smallest absolute Gasteiger partial charge is 0.262 e. The van der Waals surface area contributed by atoms with Gasteiger partial charge in [0.15, 0.2) is 6.61 Å². The number of anilines is 1. The van der Waals surface area contributed by atoms with Crippen LogP contribution < -0.4 is 10.1 Å². The van der Waals surface area contributed by atoms with Gasteiger partial charge in [0.2, 0.25) is 0 Å². The number of pyridine rings is 1. The summed E-state index contributed by atoms with van der Waals surface area (Å²) >= 11 is 3.23. The van der Waals surface area contributed by atoms with Gasteiger partial charge in [-0.05, 0) is 46.6 Å². The van der Waals surface area contributed by atoms with E-state index in [1.165, 1.54) is 0 Å². The van der Waals surface area contributed by atoms with E-state index in [1.54, 1.807) is 18.3 Å². The van der Waals surface area contributed by atoms with Crippen LogP contribution in [0.5, 0.6) is 5.75 Å². The highest BCUT2D eigenvalue weighted by molar-refractivity contribution is 9.10. The van der Waals surface area contributed by atoms with Gasteiger partial charge in [-0.25, -0.2) is 4.98 Å². The zero-order valence-corrected chi connectivity index (χ0v) is 12.0. The van der Waals surface area contributed by atoms with Crippen LogP contribution in [0.1, 0.15) is 5.56 Å². The Morgan fingerprint density at radius 3 is 2.79 bits per heavy atom. The zero-order chi connectivity index (χ0) is 13.7. The molecule has 0 radical (unpaired) electrons. The molecule has 4 nitrogen and oxygen atoms in total. The third kappa shape index (κ3) is 4.06. The third-order valence-electron chi connectivity index (χ3n) is 2.46. The minimum absolute atomic E-state index is 0.0269. The van der Waals surface area contributed by atoms with Crippen LogP contribution in [0.2, 0.25) is 0 Å². The molecule has 2 aromatic rings. The minimum atomic E-state index is -0.215. The fourth-order valence-electron chi connectivity index (χ4n) is 1.51. The second-order valence-corrected chi connectivity index (χ2v) is 4.78. The largest absolute Gasteiger partial charge is 0.483 e. The molecule has 0 aliphatic rings. The molecular weight excluding hydrogens is 308 g/mol. The van der Waals surface area contributed by atoms with Gasteiger partial charge in [-0.3, -0.25) is 4.79 Å². The van der Waals surface area contributed by atoms with E-state index < -0.39 is 0 Å². The van der Waals surface area contributed by atoms with E-state index >= 15 is 0 Å². The lowest BCUT2D eigenvalue weighted by Crippen LogP contribution is -2.20. The van der Waals surface area contributed by atoms with E-state index in [1.807, 2.05) is 31.2 Å². The van der Waals surface area contributed by atoms with E-state index in [4.69, 9.17) is 4.74 Å². The third-order valence-corrected chi connectivity index (χ3v) is 2.93. The molecule has 0 atom stereocenters. The quantitative estimate of drug-likeness (QED) is 0.880. The molecule has 1 amide bonds. The lowest BCUT2D eigenvalue weighted by Gasteiger charge is -2.09. The van der Waals surface area contributed by atoms with Crippen LogP contribution in [0.25, 0.3) is 0 Å². The number of carbonyl (C=O) groups is 1. The number of para-hydroxylation sites is 1. The molecule has 1 heterocycles. The molecule has 0 spiro atoms. The van der Waals surface area contributed by atoms with Gasteiger partial charge >= 0.3 is 0 Å². The van der Waals surface area contributed by atoms with Crippen molar-refractivity contribution in [3.63, 3.8) is 0 Å². The van der Waals surface area contributed by atoms with Gasteiger partial charge in [0.1, 0.15) is 10.4 Å². The maximum atomic E-state index is 11.7. The summed E-state index contributed by atoms with van der Waals surface area (Å²) < 4.78 is 6.18. The number of hydrogen-bond donors (Lipinski definition) is 1. The molecule has 0 fully saturated rings. The molecule has 0 saturated heterocycles. The summed E-state index contributed by atoms with van der Waals surface area (Å²) in [4.78, 5) is 15.7. The van der Waals surface area contributed by atoms with E-state index in [2.05, 4.69) is 26.2 Å². The van der Waals surface area contributed by atoms with Crippen molar-refractivity contribution in [2.75, 3.05) is 11.9 Å². The van der Waals surface area contributed by atoms with Gasteiger partial charge in [-0.15, -0.1) is 0 Å². The summed E-state index contributed by atoms with van der Waals surface area (Å²) in [6, 6.07) is 11.1. The zero-order valence-electron chi connectivity index (χ0n) is 10.4. The molecule has 0 aliphatic carbocycles. The monoisotopic (exact) mass is 320 g/mol. The first-order valence-electron chi connectivity index (χ1n) is 5.75. The van der Waals surface area contributed by atoms with Crippen LogP contribution >= 0.6 is 15.9 Å². The van der Waals surface area contributed by atoms with Crippen LogP contribution in [0.4, 0.5) is 5.69 Å². The predicted octanol–water partition coefficient (Wildman–Crippen LogP) is 3.17. The molecule has 0 aliphatic heterocycles. The van der Waals surface area contributed by atoms with Crippen molar-refractivity contribution in [1.82, 2.24) is 4.98 Å². The van der Waals surface area contributed by atoms with Gasteiger partial charge < -0.3 is 10.1 Å². The fourth-order valence-corrected chi connectivity index (χ4v) is 1.74. The molecule has 0 saturated carbocycles. The number of aromatic nitrogens is 1. The molecule has 5 heteroatoms. The van der Waals surface area contributed by atoms with Crippen molar-refractivity contribution in [3.8, 4) is 5.75 Å². The van der Waals surface area contributed by atoms with Crippen LogP contribution in [0, 0.1) is 6.92 Å². The van der Waals surface area contributed by atoms with E-state index in [0.29, 0.717) is 11.4 Å². The molecule has 1 N–H and O–H groups in total. The first-order valence-corrected chi connectivity index (χ1v) is 6.54. The fraction of sp³-hybridized carbons (Fsp3) is 0.143. The number of nitrogens with one attached hydrogen (secondary N) is 1. The van der Waals surface area contributed by atoms with Gasteiger partial charge in [-0.2, -0.15) is 0 Å². The Morgan fingerprint density at radius 1 is 1.32 bits per heavy atom. The van der Waals surface area contributed by atoms with Gasteiger partial charge in [0, 0.05) is 0 Å². The van der Waals surface area contributed by atoms with E-state index in [0.717, 1.165) is 10.2 Å². The van der Waals surface area contributed by atoms with E-state index in [9.17, 15) is 4.79 Å². The summed E-state index contributed by atoms with van der Waals surface area (Å²) in [5, 5.41) is 2.71. The molecule has 19 heavy (non-hydrogen) atoms. The van der Waals surface area contributed by atoms with Crippen molar-refractivity contribution in [2.24, 2.45) is 0 Å². The van der Waals surface area contributed by atoms with E-state index in [-0.39, 0.29) is 12.5 Å². The van der Waals surface area contributed by atoms with Crippen LogP contribution in [0.15, 0.2) is 47.2 Å². The molecule has 0 bridgehead atoms. The Hall–Kier alpha value is -1.88. The second kappa shape index (κ2) is 6.33. The highest BCUT2D eigenvalue weighted by Gasteiger charge is 2.05. The maximum absolute atomic E-state index is 11.7. The van der Waals surface area contributed by atoms with Gasteiger partial charge in [0.05, 0.1) is 11.9 Å². The lowest BCUT2D eigenvalue weighted by atomic mass is 10.2. The van der Waals surface area contributed by atoms with Crippen molar-refractivity contribution < 1.29 is 9.53 Å². The lowest BCUT2D eigenvalue weighted by molar-refractivity contribution is -0.118. The van der Waals surface area contributed by atoms with Gasteiger partial charge in [-0.1, -0.05) is 18.2 Å². The predicted molar refractivity (Wildman–Crippen MR) is 77.2 cm³/mol. The van der Waals surface area contributed by atoms with Crippen LogP contribution in [-0.2, 0) is 4.79 Å². The number of hydrogen-bond acceptors (Lipinski definition) is 3. The highest BCUT2D eigenvalue weighted by atomic mass is 79.9. The number of amides is 1. The molecule has 0 unspecified atom stereocenters. The van der Waals surface area contributed by atoms with Gasteiger partial charge in [0.25, 0.3) is 5.91 Å². The first kappa shape index (κ1) is 13.5. The number of nitrogens with zero attached hydrogens (tertiary/aromatic N) is 1. The summed E-state index contributed by atoms with van der Waals surface area (Å²) in [7, 11) is 0. The average Bonchev–Trinajstić information content (AvgIpc) is 2.40.